The van der Waals surface area contributed by atoms with Gasteiger partial charge < -0.3 is 14.5 Å². The molecule has 1 unspecified atom stereocenters. The van der Waals surface area contributed by atoms with Crippen LogP contribution in [0.25, 0.3) is 0 Å². The van der Waals surface area contributed by atoms with Crippen LogP contribution in [0.4, 0.5) is 0 Å². The predicted molar refractivity (Wildman–Crippen MR) is 98.5 cm³/mol. The fraction of sp³-hybridized carbons (Fsp3) is 1.00. The first-order valence-corrected chi connectivity index (χ1v) is 10.8. The van der Waals surface area contributed by atoms with Crippen LogP contribution in [0.1, 0.15) is 67.7 Å². The number of piperidine rings is 1. The zero-order valence-electron chi connectivity index (χ0n) is 16.6. The van der Waals surface area contributed by atoms with E-state index in [0.717, 1.165) is 19.3 Å². The van der Waals surface area contributed by atoms with E-state index in [9.17, 15) is 5.21 Å². The van der Waals surface area contributed by atoms with Crippen molar-refractivity contribution in [3.8, 4) is 0 Å². The highest BCUT2D eigenvalue weighted by Crippen LogP contribution is 2.39. The molecule has 1 fully saturated rings. The van der Waals surface area contributed by atoms with Crippen molar-refractivity contribution in [3.63, 3.8) is 0 Å². The van der Waals surface area contributed by atoms with E-state index in [4.69, 9.17) is 9.26 Å². The molecule has 23 heavy (non-hydrogen) atoms. The maximum Gasteiger partial charge on any atom is 0.0855 e. The van der Waals surface area contributed by atoms with Gasteiger partial charge >= 0.3 is 0 Å². The Morgan fingerprint density at radius 3 is 2.00 bits per heavy atom. The molecule has 0 aromatic rings. The summed E-state index contributed by atoms with van der Waals surface area (Å²) in [5.74, 6) is 0. The molecule has 1 N–H and O–H groups in total. The van der Waals surface area contributed by atoms with E-state index in [0.29, 0.717) is 6.61 Å². The fourth-order valence-electron chi connectivity index (χ4n) is 3.65. The Morgan fingerprint density at radius 1 is 1.13 bits per heavy atom. The number of ether oxygens (including phenoxy) is 1. The molecule has 1 heterocycles. The molecule has 1 saturated heterocycles. The summed E-state index contributed by atoms with van der Waals surface area (Å²) in [7, 11) is -0.395. The third kappa shape index (κ3) is 6.96. The smallest absolute Gasteiger partial charge is 0.0855 e. The summed E-state index contributed by atoms with van der Waals surface area (Å²) in [6, 6.07) is 0. The molecule has 1 aliphatic rings. The van der Waals surface area contributed by atoms with E-state index in [1.165, 1.54) is 5.06 Å². The summed E-state index contributed by atoms with van der Waals surface area (Å²) in [5, 5.41) is 11.9. The highest BCUT2D eigenvalue weighted by molar-refractivity contribution is 7.50. The lowest BCUT2D eigenvalue weighted by molar-refractivity contribution is -0.262. The van der Waals surface area contributed by atoms with E-state index in [1.54, 1.807) is 0 Å². The molecule has 5 heteroatoms. The topological polar surface area (TPSA) is 41.9 Å². The summed E-state index contributed by atoms with van der Waals surface area (Å²) in [6.45, 7) is 19.9. The summed E-state index contributed by atoms with van der Waals surface area (Å²) in [5.41, 5.74) is -0.309. The fourth-order valence-corrected chi connectivity index (χ4v) is 4.38. The third-order valence-electron chi connectivity index (χ3n) is 4.32. The van der Waals surface area contributed by atoms with Crippen molar-refractivity contribution < 1.29 is 14.5 Å². The molecule has 0 amide bonds. The first kappa shape index (κ1) is 21.3. The molecule has 0 bridgehead atoms. The van der Waals surface area contributed by atoms with E-state index in [-0.39, 0.29) is 28.7 Å². The second kappa shape index (κ2) is 7.66. The Labute approximate surface area is 144 Å². The maximum atomic E-state index is 10.4. The molecule has 1 aliphatic heterocycles. The molecule has 1 rings (SSSR count). The molecule has 0 aromatic heterocycles. The Bertz CT molecular complexity index is 359. The zero-order valence-corrected chi connectivity index (χ0v) is 17.5. The van der Waals surface area contributed by atoms with Crippen molar-refractivity contribution in [1.29, 1.82) is 0 Å². The van der Waals surface area contributed by atoms with Gasteiger partial charge in [0.25, 0.3) is 0 Å². The second-order valence-corrected chi connectivity index (χ2v) is 11.4. The van der Waals surface area contributed by atoms with Crippen LogP contribution in [0.5, 0.6) is 0 Å². The summed E-state index contributed by atoms with van der Waals surface area (Å²) >= 11 is 0. The summed E-state index contributed by atoms with van der Waals surface area (Å²) in [4.78, 5) is 0. The predicted octanol–water partition coefficient (Wildman–Crippen LogP) is 4.89. The minimum atomic E-state index is -0.395. The highest BCUT2D eigenvalue weighted by Gasteiger charge is 2.45. The second-order valence-electron chi connectivity index (χ2n) is 9.60. The Morgan fingerprint density at radius 2 is 1.61 bits per heavy atom. The van der Waals surface area contributed by atoms with Crippen LogP contribution in [-0.4, -0.2) is 53.5 Å². The molecule has 0 aliphatic carbocycles. The normalized spacial score (nSPS) is 24.1. The lowest BCUT2D eigenvalue weighted by atomic mass is 9.80. The van der Waals surface area contributed by atoms with Gasteiger partial charge in [-0.3, -0.25) is 0 Å². The average Bonchev–Trinajstić information content (AvgIpc) is 2.29. The lowest BCUT2D eigenvalue weighted by Crippen LogP contribution is -2.60. The number of hydrogen-bond donors (Lipinski definition) is 1. The first-order valence-electron chi connectivity index (χ1n) is 8.68. The van der Waals surface area contributed by atoms with Crippen molar-refractivity contribution >= 4 is 8.15 Å². The molecule has 0 saturated carbocycles. The van der Waals surface area contributed by atoms with Crippen molar-refractivity contribution in [3.05, 3.63) is 0 Å². The molecular weight excluding hydrogens is 309 g/mol. The molecule has 138 valence electrons. The van der Waals surface area contributed by atoms with Crippen LogP contribution in [0.15, 0.2) is 0 Å². The van der Waals surface area contributed by atoms with Gasteiger partial charge in [-0.1, -0.05) is 20.8 Å². The minimum Gasteiger partial charge on any atom is -0.375 e. The minimum absolute atomic E-state index is 0.148. The molecule has 0 aromatic carbocycles. The number of nitrogens with zero attached hydrogens (tertiary/aromatic N) is 1. The number of hydrogen-bond acceptors (Lipinski definition) is 4. The van der Waals surface area contributed by atoms with E-state index >= 15 is 0 Å². The zero-order chi connectivity index (χ0) is 18.1. The van der Waals surface area contributed by atoms with E-state index in [1.807, 2.05) is 0 Å². The van der Waals surface area contributed by atoms with Crippen LogP contribution in [0, 0.1) is 5.41 Å². The van der Waals surface area contributed by atoms with Crippen LogP contribution in [0.2, 0.25) is 0 Å². The number of hydroxylamine groups is 2. The van der Waals surface area contributed by atoms with Gasteiger partial charge in [-0.05, 0) is 65.7 Å². The summed E-state index contributed by atoms with van der Waals surface area (Å²) < 4.78 is 12.4. The van der Waals surface area contributed by atoms with Gasteiger partial charge in [0.1, 0.15) is 0 Å². The van der Waals surface area contributed by atoms with Gasteiger partial charge in [0.05, 0.1) is 18.8 Å². The molecule has 1 atom stereocenters. The van der Waals surface area contributed by atoms with Gasteiger partial charge in [0.2, 0.25) is 0 Å². The lowest BCUT2D eigenvalue weighted by Gasteiger charge is -2.51. The van der Waals surface area contributed by atoms with Crippen LogP contribution < -0.4 is 0 Å². The molecule has 0 spiro atoms. The van der Waals surface area contributed by atoms with Gasteiger partial charge in [-0.25, -0.2) is 0 Å². The van der Waals surface area contributed by atoms with Gasteiger partial charge in [-0.15, -0.1) is 0 Å². The van der Waals surface area contributed by atoms with Crippen molar-refractivity contribution in [2.75, 3.05) is 19.9 Å². The van der Waals surface area contributed by atoms with Gasteiger partial charge in [0.15, 0.2) is 0 Å². The maximum absolute atomic E-state index is 10.4. The van der Waals surface area contributed by atoms with Crippen molar-refractivity contribution in [1.82, 2.24) is 5.06 Å². The van der Waals surface area contributed by atoms with Gasteiger partial charge in [-0.2, -0.15) is 5.06 Å². The summed E-state index contributed by atoms with van der Waals surface area (Å²) in [6.07, 6.45) is 2.98. The Balaban J connectivity index is 2.66. The molecular formula is C18H38NO3P. The van der Waals surface area contributed by atoms with Gasteiger partial charge in [0, 0.05) is 19.2 Å². The Hall–Kier alpha value is 0.270. The molecule has 0 radical (unpaired) electrons. The van der Waals surface area contributed by atoms with E-state index < -0.39 is 8.15 Å². The van der Waals surface area contributed by atoms with Crippen molar-refractivity contribution in [2.45, 2.75) is 91.0 Å². The highest BCUT2D eigenvalue weighted by atomic mass is 31.1. The monoisotopic (exact) mass is 347 g/mol. The van der Waals surface area contributed by atoms with Crippen LogP contribution >= 0.6 is 8.15 Å². The number of rotatable bonds is 6. The van der Waals surface area contributed by atoms with Crippen LogP contribution in [-0.2, 0) is 9.26 Å². The SMILES string of the molecule is CP(C)OC(COC1CC(C)(C)N(O)C(C)(C)C1)CC(C)(C)C. The quantitative estimate of drug-likeness (QED) is 0.695. The third-order valence-corrected chi connectivity index (χ3v) is 5.04. The first-order chi connectivity index (χ1) is 10.2. The standard InChI is InChI=1S/C18H38NO3P/c1-16(2,3)10-15(22-23(8)9)13-21-14-11-17(4,5)19(20)18(6,7)12-14/h14-15,20H,10-13H2,1-9H3. The van der Waals surface area contributed by atoms with Crippen LogP contribution in [0.3, 0.4) is 0 Å². The average molecular weight is 347 g/mol. The van der Waals surface area contributed by atoms with E-state index in [2.05, 4.69) is 61.8 Å². The molecule has 4 nitrogen and oxygen atoms in total. The van der Waals surface area contributed by atoms with Crippen molar-refractivity contribution in [2.24, 2.45) is 5.41 Å². The largest absolute Gasteiger partial charge is 0.375 e. The Kier molecular flexibility index (Phi) is 7.10.